The Morgan fingerprint density at radius 1 is 1.19 bits per heavy atom. The Morgan fingerprint density at radius 2 is 1.85 bits per heavy atom. The topological polar surface area (TPSA) is 68.3 Å². The van der Waals surface area contributed by atoms with E-state index in [4.69, 9.17) is 9.47 Å². The Bertz CT molecular complexity index is 751. The summed E-state index contributed by atoms with van der Waals surface area (Å²) in [5, 5.41) is 0. The van der Waals surface area contributed by atoms with Crippen LogP contribution >= 0.6 is 0 Å². The number of likely N-dealkylation sites (N-methyl/N-ethyl adjacent to an activating group) is 1. The summed E-state index contributed by atoms with van der Waals surface area (Å²) >= 11 is 0. The molecule has 0 aliphatic carbocycles. The lowest BCUT2D eigenvalue weighted by Crippen LogP contribution is -2.47. The van der Waals surface area contributed by atoms with Crippen molar-refractivity contribution in [1.82, 2.24) is 9.80 Å². The maximum Gasteiger partial charge on any atom is 0.387 e. The summed E-state index contributed by atoms with van der Waals surface area (Å²) < 4.78 is 39.7. The number of hydrogen-bond acceptors (Lipinski definition) is 5. The van der Waals surface area contributed by atoms with Crippen molar-refractivity contribution in [2.24, 2.45) is 0 Å². The van der Waals surface area contributed by atoms with Crippen LogP contribution in [0.25, 0.3) is 0 Å². The largest absolute Gasteiger partial charge is 0.493 e. The number of urea groups is 1. The minimum atomic E-state index is -3.05. The third-order valence-electron chi connectivity index (χ3n) is 4.27. The molecule has 1 atom stereocenters. The molecular weight excluding hydrogens is 350 g/mol. The second-order valence-electron chi connectivity index (χ2n) is 5.63. The van der Waals surface area contributed by atoms with E-state index >= 15 is 0 Å². The second-order valence-corrected chi connectivity index (χ2v) is 5.63. The minimum absolute atomic E-state index is 0.108. The number of carbonyl (C=O) groups is 2. The molecule has 2 amide bonds. The van der Waals surface area contributed by atoms with Crippen molar-refractivity contribution in [2.75, 3.05) is 28.3 Å². The van der Waals surface area contributed by atoms with Gasteiger partial charge in [-0.15, -0.1) is 0 Å². The van der Waals surface area contributed by atoms with Crippen LogP contribution in [0.15, 0.2) is 29.5 Å². The standard InChI is InChI=1S/C17H20F2N2O5/c1-9-13(15(22)25-5)14(21(3)17(23)20(9)2)10-6-7-11(24-4)12(8-10)26-16(18)19/h6-8,14,16H,1-5H3/t14-/m1/s1. The molecule has 26 heavy (non-hydrogen) atoms. The van der Waals surface area contributed by atoms with E-state index in [0.29, 0.717) is 11.3 Å². The van der Waals surface area contributed by atoms with E-state index in [1.54, 1.807) is 13.0 Å². The number of allylic oxidation sites excluding steroid dienone is 1. The normalized spacial score (nSPS) is 17.7. The number of alkyl halides is 2. The maximum absolute atomic E-state index is 12.7. The van der Waals surface area contributed by atoms with Crippen molar-refractivity contribution in [3.63, 3.8) is 0 Å². The predicted molar refractivity (Wildman–Crippen MR) is 88.0 cm³/mol. The van der Waals surface area contributed by atoms with Crippen LogP contribution in [-0.4, -0.2) is 56.7 Å². The van der Waals surface area contributed by atoms with Crippen molar-refractivity contribution >= 4 is 12.0 Å². The fourth-order valence-corrected chi connectivity index (χ4v) is 2.87. The molecule has 1 aliphatic rings. The molecule has 1 aromatic carbocycles. The average Bonchev–Trinajstić information content (AvgIpc) is 2.61. The smallest absolute Gasteiger partial charge is 0.387 e. The average molecular weight is 370 g/mol. The third-order valence-corrected chi connectivity index (χ3v) is 4.27. The van der Waals surface area contributed by atoms with Gasteiger partial charge in [-0.1, -0.05) is 6.07 Å². The summed E-state index contributed by atoms with van der Waals surface area (Å²) in [6.45, 7) is -1.43. The molecule has 1 aliphatic heterocycles. The molecule has 2 rings (SSSR count). The van der Waals surface area contributed by atoms with Gasteiger partial charge in [0.2, 0.25) is 0 Å². The molecule has 7 nitrogen and oxygen atoms in total. The van der Waals surface area contributed by atoms with Crippen LogP contribution in [-0.2, 0) is 9.53 Å². The Morgan fingerprint density at radius 3 is 2.38 bits per heavy atom. The van der Waals surface area contributed by atoms with Crippen LogP contribution in [0.2, 0.25) is 0 Å². The van der Waals surface area contributed by atoms with Crippen LogP contribution in [0.5, 0.6) is 11.5 Å². The van der Waals surface area contributed by atoms with Gasteiger partial charge < -0.3 is 24.0 Å². The molecule has 0 unspecified atom stereocenters. The van der Waals surface area contributed by atoms with E-state index in [0.717, 1.165) is 0 Å². The molecule has 1 heterocycles. The molecule has 0 saturated heterocycles. The molecule has 0 saturated carbocycles. The highest BCUT2D eigenvalue weighted by atomic mass is 19.3. The number of ether oxygens (including phenoxy) is 3. The number of hydrogen-bond donors (Lipinski definition) is 0. The zero-order chi connectivity index (χ0) is 19.6. The lowest BCUT2D eigenvalue weighted by atomic mass is 9.93. The van der Waals surface area contributed by atoms with Crippen LogP contribution in [0.4, 0.5) is 13.6 Å². The van der Waals surface area contributed by atoms with Crippen molar-refractivity contribution in [2.45, 2.75) is 19.6 Å². The van der Waals surface area contributed by atoms with Gasteiger partial charge in [-0.05, 0) is 24.6 Å². The summed E-state index contributed by atoms with van der Waals surface area (Å²) in [5.41, 5.74) is 1.05. The van der Waals surface area contributed by atoms with Crippen LogP contribution in [0.1, 0.15) is 18.5 Å². The highest BCUT2D eigenvalue weighted by molar-refractivity contribution is 5.94. The zero-order valence-electron chi connectivity index (χ0n) is 15.1. The molecule has 0 N–H and O–H groups in total. The molecule has 0 bridgehead atoms. The van der Waals surface area contributed by atoms with Gasteiger partial charge in [0.05, 0.1) is 25.8 Å². The van der Waals surface area contributed by atoms with Crippen LogP contribution < -0.4 is 9.47 Å². The summed E-state index contributed by atoms with van der Waals surface area (Å²) in [7, 11) is 5.60. The number of rotatable bonds is 5. The number of amides is 2. The number of halogens is 2. The monoisotopic (exact) mass is 370 g/mol. The molecule has 1 aromatic rings. The van der Waals surface area contributed by atoms with E-state index < -0.39 is 18.6 Å². The molecule has 0 fully saturated rings. The Balaban J connectivity index is 2.62. The fraction of sp³-hybridized carbons (Fsp3) is 0.412. The van der Waals surface area contributed by atoms with Crippen molar-refractivity contribution in [1.29, 1.82) is 0 Å². The molecule has 9 heteroatoms. The number of benzene rings is 1. The van der Waals surface area contributed by atoms with Gasteiger partial charge in [0.1, 0.15) is 0 Å². The van der Waals surface area contributed by atoms with Crippen molar-refractivity contribution in [3.8, 4) is 11.5 Å². The van der Waals surface area contributed by atoms with Gasteiger partial charge in [-0.25, -0.2) is 9.59 Å². The molecule has 142 valence electrons. The Labute approximate surface area is 149 Å². The lowest BCUT2D eigenvalue weighted by molar-refractivity contribution is -0.137. The molecule has 0 spiro atoms. The van der Waals surface area contributed by atoms with Crippen molar-refractivity contribution < 1.29 is 32.6 Å². The van der Waals surface area contributed by atoms with E-state index in [2.05, 4.69) is 4.74 Å². The number of esters is 1. The van der Waals surface area contributed by atoms with Crippen LogP contribution in [0, 0.1) is 0 Å². The molecule has 0 radical (unpaired) electrons. The third kappa shape index (κ3) is 3.42. The highest BCUT2D eigenvalue weighted by Gasteiger charge is 2.39. The summed E-state index contributed by atoms with van der Waals surface area (Å²) in [4.78, 5) is 27.4. The zero-order valence-corrected chi connectivity index (χ0v) is 15.1. The van der Waals surface area contributed by atoms with Gasteiger partial charge in [-0.2, -0.15) is 8.78 Å². The van der Waals surface area contributed by atoms with Crippen LogP contribution in [0.3, 0.4) is 0 Å². The van der Waals surface area contributed by atoms with Gasteiger partial charge in [0.15, 0.2) is 11.5 Å². The summed E-state index contributed by atoms with van der Waals surface area (Å²) in [5.74, 6) is -0.705. The number of methoxy groups -OCH3 is 2. The molecular formula is C17H20F2N2O5. The van der Waals surface area contributed by atoms with E-state index in [1.807, 2.05) is 0 Å². The highest BCUT2D eigenvalue weighted by Crippen LogP contribution is 2.39. The lowest BCUT2D eigenvalue weighted by Gasteiger charge is -2.39. The van der Waals surface area contributed by atoms with Crippen molar-refractivity contribution in [3.05, 3.63) is 35.0 Å². The minimum Gasteiger partial charge on any atom is -0.493 e. The summed E-state index contributed by atoms with van der Waals surface area (Å²) in [6.07, 6.45) is 0. The quantitative estimate of drug-likeness (QED) is 0.746. The van der Waals surface area contributed by atoms with E-state index in [9.17, 15) is 18.4 Å². The fourth-order valence-electron chi connectivity index (χ4n) is 2.87. The Hall–Kier alpha value is -2.84. The summed E-state index contributed by atoms with van der Waals surface area (Å²) in [6, 6.07) is 3.16. The maximum atomic E-state index is 12.7. The number of carbonyl (C=O) groups excluding carboxylic acids is 2. The van der Waals surface area contributed by atoms with Gasteiger partial charge >= 0.3 is 18.6 Å². The van der Waals surface area contributed by atoms with E-state index in [-0.39, 0.29) is 23.1 Å². The molecule has 0 aromatic heterocycles. The number of nitrogens with zero attached hydrogens (tertiary/aromatic N) is 2. The first kappa shape index (κ1) is 19.5. The first-order chi connectivity index (χ1) is 12.2. The predicted octanol–water partition coefficient (Wildman–Crippen LogP) is 2.78. The van der Waals surface area contributed by atoms with E-state index in [1.165, 1.54) is 50.2 Å². The Kier molecular flexibility index (Phi) is 5.69. The van der Waals surface area contributed by atoms with Gasteiger partial charge in [-0.3, -0.25) is 0 Å². The van der Waals surface area contributed by atoms with Gasteiger partial charge in [0.25, 0.3) is 0 Å². The second kappa shape index (κ2) is 7.59. The van der Waals surface area contributed by atoms with Gasteiger partial charge in [0, 0.05) is 19.8 Å². The first-order valence-corrected chi connectivity index (χ1v) is 7.65. The first-order valence-electron chi connectivity index (χ1n) is 7.65. The SMILES string of the molecule is COC(=O)C1=C(C)N(C)C(=O)N(C)[C@@H]1c1ccc(OC)c(OC(F)F)c1.